The van der Waals surface area contributed by atoms with E-state index < -0.39 is 0 Å². The van der Waals surface area contributed by atoms with E-state index >= 15 is 0 Å². The molecule has 0 aliphatic rings. The summed E-state index contributed by atoms with van der Waals surface area (Å²) in [6, 6.07) is 8.63. The van der Waals surface area contributed by atoms with Gasteiger partial charge in [-0.15, -0.1) is 0 Å². The molecule has 0 saturated carbocycles. The van der Waals surface area contributed by atoms with E-state index in [-0.39, 0.29) is 5.41 Å². The molecule has 0 radical (unpaired) electrons. The van der Waals surface area contributed by atoms with Crippen LogP contribution in [0.3, 0.4) is 0 Å². The van der Waals surface area contributed by atoms with Crippen LogP contribution in [-0.2, 0) is 5.41 Å². The molecule has 0 heterocycles. The Kier molecular flexibility index (Phi) is 5.29. The molecule has 102 valence electrons. The molecule has 0 fully saturated rings. The quantitative estimate of drug-likeness (QED) is 0.520. The Labute approximate surface area is 118 Å². The van der Waals surface area contributed by atoms with Crippen molar-refractivity contribution < 1.29 is 4.58 Å². The summed E-state index contributed by atoms with van der Waals surface area (Å²) in [4.78, 5) is 0. The molecular formula is C18H26N+. The molecule has 0 spiro atoms. The van der Waals surface area contributed by atoms with Gasteiger partial charge in [0.1, 0.15) is 7.05 Å². The third kappa shape index (κ3) is 3.04. The second-order valence-corrected chi connectivity index (χ2v) is 5.20. The third-order valence-electron chi connectivity index (χ3n) is 4.26. The fourth-order valence-electron chi connectivity index (χ4n) is 2.41. The predicted octanol–water partition coefficient (Wildman–Crippen LogP) is 4.53. The SMILES string of the molecule is C=C/C(c1ccccc1C(C)(CC)CC)=[N+](/C)C=C. The molecule has 0 amide bonds. The second kappa shape index (κ2) is 6.51. The van der Waals surface area contributed by atoms with Gasteiger partial charge in [-0.3, -0.25) is 0 Å². The van der Waals surface area contributed by atoms with Gasteiger partial charge in [-0.05, 0) is 36.5 Å². The molecule has 0 bridgehead atoms. The van der Waals surface area contributed by atoms with Gasteiger partial charge in [0.05, 0.1) is 0 Å². The fraction of sp³-hybridized carbons (Fsp3) is 0.389. The van der Waals surface area contributed by atoms with E-state index in [0.29, 0.717) is 0 Å². The predicted molar refractivity (Wildman–Crippen MR) is 85.1 cm³/mol. The summed E-state index contributed by atoms with van der Waals surface area (Å²) in [7, 11) is 2.01. The van der Waals surface area contributed by atoms with Gasteiger partial charge in [0.15, 0.2) is 6.20 Å². The molecule has 1 rings (SSSR count). The number of nitrogens with zero attached hydrogens (tertiary/aromatic N) is 1. The number of benzene rings is 1. The normalized spacial score (nSPS) is 12.8. The molecule has 0 aliphatic carbocycles. The van der Waals surface area contributed by atoms with Crippen molar-refractivity contribution >= 4 is 5.71 Å². The molecule has 1 heteroatoms. The van der Waals surface area contributed by atoms with Gasteiger partial charge in [0.25, 0.3) is 0 Å². The topological polar surface area (TPSA) is 3.01 Å². The van der Waals surface area contributed by atoms with Crippen molar-refractivity contribution in [2.24, 2.45) is 0 Å². The molecule has 0 unspecified atom stereocenters. The maximum Gasteiger partial charge on any atom is 0.211 e. The largest absolute Gasteiger partial charge is 0.211 e. The first kappa shape index (κ1) is 15.4. The lowest BCUT2D eigenvalue weighted by molar-refractivity contribution is -0.420. The van der Waals surface area contributed by atoms with Crippen LogP contribution < -0.4 is 0 Å². The fourth-order valence-corrected chi connectivity index (χ4v) is 2.41. The molecule has 0 atom stereocenters. The summed E-state index contributed by atoms with van der Waals surface area (Å²) in [5.74, 6) is 0. The van der Waals surface area contributed by atoms with Gasteiger partial charge in [0, 0.05) is 11.6 Å². The molecule has 0 aliphatic heterocycles. The van der Waals surface area contributed by atoms with Crippen molar-refractivity contribution in [2.45, 2.75) is 39.0 Å². The van der Waals surface area contributed by atoms with Crippen molar-refractivity contribution in [1.29, 1.82) is 0 Å². The van der Waals surface area contributed by atoms with Gasteiger partial charge in [-0.2, -0.15) is 0 Å². The average Bonchev–Trinajstić information content (AvgIpc) is 2.47. The van der Waals surface area contributed by atoms with E-state index in [1.807, 2.05) is 23.9 Å². The zero-order valence-corrected chi connectivity index (χ0v) is 12.7. The van der Waals surface area contributed by atoms with Crippen LogP contribution in [0.15, 0.2) is 49.7 Å². The van der Waals surface area contributed by atoms with Gasteiger partial charge in [0.2, 0.25) is 5.71 Å². The highest BCUT2D eigenvalue weighted by molar-refractivity contribution is 6.06. The summed E-state index contributed by atoms with van der Waals surface area (Å²) < 4.78 is 2.03. The molecule has 0 aromatic heterocycles. The maximum atomic E-state index is 3.95. The molecule has 0 saturated heterocycles. The van der Waals surface area contributed by atoms with Crippen LogP contribution in [0, 0.1) is 0 Å². The lowest BCUT2D eigenvalue weighted by atomic mass is 9.75. The highest BCUT2D eigenvalue weighted by Gasteiger charge is 2.27. The first-order chi connectivity index (χ1) is 9.03. The number of allylic oxidation sites excluding steroid dienone is 1. The molecule has 1 aromatic rings. The number of rotatable bonds is 6. The number of hydrogen-bond acceptors (Lipinski definition) is 0. The van der Waals surface area contributed by atoms with E-state index in [1.165, 1.54) is 11.1 Å². The van der Waals surface area contributed by atoms with Crippen molar-refractivity contribution in [3.8, 4) is 0 Å². The van der Waals surface area contributed by atoms with E-state index in [1.54, 1.807) is 0 Å². The Hall–Kier alpha value is -1.63. The first-order valence-electron chi connectivity index (χ1n) is 6.98. The zero-order valence-electron chi connectivity index (χ0n) is 12.7. The van der Waals surface area contributed by atoms with Crippen LogP contribution in [0.4, 0.5) is 0 Å². The Bertz CT molecular complexity index is 490. The summed E-state index contributed by atoms with van der Waals surface area (Å²) in [5, 5.41) is 0. The molecule has 1 aromatic carbocycles. The monoisotopic (exact) mass is 256 g/mol. The van der Waals surface area contributed by atoms with E-state index in [0.717, 1.165) is 18.6 Å². The summed E-state index contributed by atoms with van der Waals surface area (Å²) in [6.45, 7) is 14.6. The van der Waals surface area contributed by atoms with Crippen LogP contribution in [0.25, 0.3) is 0 Å². The van der Waals surface area contributed by atoms with Gasteiger partial charge in [-0.1, -0.05) is 45.5 Å². The maximum absolute atomic E-state index is 3.95. The molecule has 0 N–H and O–H groups in total. The molecule has 1 nitrogen and oxygen atoms in total. The van der Waals surface area contributed by atoms with E-state index in [2.05, 4.69) is 58.2 Å². The van der Waals surface area contributed by atoms with E-state index in [9.17, 15) is 0 Å². The summed E-state index contributed by atoms with van der Waals surface area (Å²) in [6.07, 6.45) is 5.99. The van der Waals surface area contributed by atoms with Crippen LogP contribution in [0.5, 0.6) is 0 Å². The highest BCUT2D eigenvalue weighted by atomic mass is 14.9. The minimum atomic E-state index is 0.201. The Morgan fingerprint density at radius 1 is 1.21 bits per heavy atom. The minimum absolute atomic E-state index is 0.201. The highest BCUT2D eigenvalue weighted by Crippen LogP contribution is 2.33. The average molecular weight is 256 g/mol. The van der Waals surface area contributed by atoms with Crippen molar-refractivity contribution in [1.82, 2.24) is 0 Å². The van der Waals surface area contributed by atoms with Crippen LogP contribution in [0.2, 0.25) is 0 Å². The third-order valence-corrected chi connectivity index (χ3v) is 4.26. The lowest BCUT2D eigenvalue weighted by Crippen LogP contribution is -2.24. The zero-order chi connectivity index (χ0) is 14.5. The summed E-state index contributed by atoms with van der Waals surface area (Å²) >= 11 is 0. The second-order valence-electron chi connectivity index (χ2n) is 5.20. The van der Waals surface area contributed by atoms with E-state index in [4.69, 9.17) is 0 Å². The molecule has 19 heavy (non-hydrogen) atoms. The Morgan fingerprint density at radius 2 is 1.79 bits per heavy atom. The summed E-state index contributed by atoms with van der Waals surface area (Å²) in [5.41, 5.74) is 3.96. The Morgan fingerprint density at radius 3 is 2.26 bits per heavy atom. The first-order valence-corrected chi connectivity index (χ1v) is 6.98. The lowest BCUT2D eigenvalue weighted by Gasteiger charge is -2.29. The van der Waals surface area contributed by atoms with Crippen molar-refractivity contribution in [2.75, 3.05) is 7.05 Å². The van der Waals surface area contributed by atoms with Crippen LogP contribution >= 0.6 is 0 Å². The molecular weight excluding hydrogens is 230 g/mol. The van der Waals surface area contributed by atoms with Gasteiger partial charge >= 0.3 is 0 Å². The Balaban J connectivity index is 3.55. The van der Waals surface area contributed by atoms with Gasteiger partial charge < -0.3 is 0 Å². The van der Waals surface area contributed by atoms with Crippen molar-refractivity contribution in [3.05, 3.63) is 60.8 Å². The number of hydrogen-bond donors (Lipinski definition) is 0. The standard InChI is InChI=1S/C18H26N/c1-7-17(19(6)10-4)15-13-11-12-14-16(15)18(5,8-2)9-3/h7,10-14H,1,4,8-9H2,2-3,5-6H3/q+1/b19-17+. The van der Waals surface area contributed by atoms with Crippen LogP contribution in [-0.4, -0.2) is 17.3 Å². The smallest absolute Gasteiger partial charge is 0.202 e. The van der Waals surface area contributed by atoms with Crippen molar-refractivity contribution in [3.63, 3.8) is 0 Å². The van der Waals surface area contributed by atoms with Gasteiger partial charge in [-0.25, -0.2) is 4.58 Å². The van der Waals surface area contributed by atoms with Crippen LogP contribution in [0.1, 0.15) is 44.7 Å². The minimum Gasteiger partial charge on any atom is -0.202 e.